The van der Waals surface area contributed by atoms with Crippen LogP contribution in [0.2, 0.25) is 0 Å². The maximum Gasteiger partial charge on any atom is 0.0648 e. The molecule has 1 aliphatic rings. The fourth-order valence-electron chi connectivity index (χ4n) is 1.75. The maximum absolute atomic E-state index is 5.40. The number of hydrogen-bond acceptors (Lipinski definition) is 1. The van der Waals surface area contributed by atoms with Gasteiger partial charge >= 0.3 is 0 Å². The lowest BCUT2D eigenvalue weighted by Gasteiger charge is -2.17. The summed E-state index contributed by atoms with van der Waals surface area (Å²) in [5.74, 6) is 0.454. The lowest BCUT2D eigenvalue weighted by atomic mass is 9.99. The molecule has 2 rings (SSSR count). The quantitative estimate of drug-likeness (QED) is 0.598. The summed E-state index contributed by atoms with van der Waals surface area (Å²) in [6, 6.07) is 2.18. The molecule has 1 aliphatic heterocycles. The number of rotatable bonds is 1. The second kappa shape index (κ2) is 3.38. The lowest BCUT2D eigenvalue weighted by Crippen LogP contribution is -2.11. The number of hydrogen-bond donors (Lipinski definition) is 0. The van der Waals surface area contributed by atoms with Gasteiger partial charge in [-0.2, -0.15) is 0 Å². The first-order valence-corrected chi connectivity index (χ1v) is 4.65. The molecule has 0 saturated carbocycles. The zero-order valence-corrected chi connectivity index (χ0v) is 8.16. The minimum atomic E-state index is 0.454. The van der Waals surface area contributed by atoms with Crippen molar-refractivity contribution in [1.82, 2.24) is 4.57 Å². The van der Waals surface area contributed by atoms with E-state index in [0.29, 0.717) is 5.92 Å². The van der Waals surface area contributed by atoms with E-state index in [9.17, 15) is 0 Å². The van der Waals surface area contributed by atoms with Crippen LogP contribution < -0.4 is 0 Å². The Morgan fingerprint density at radius 2 is 2.38 bits per heavy atom. The van der Waals surface area contributed by atoms with Crippen molar-refractivity contribution in [3.05, 3.63) is 35.7 Å². The monoisotopic (exact) mass is 177 g/mol. The van der Waals surface area contributed by atoms with E-state index < -0.39 is 0 Å². The van der Waals surface area contributed by atoms with Crippen LogP contribution in [0.5, 0.6) is 0 Å². The molecule has 0 aliphatic carbocycles. The molecule has 1 aromatic rings. The first kappa shape index (κ1) is 8.57. The molecule has 0 N–H and O–H groups in total. The molecule has 0 aromatic carbocycles. The highest BCUT2D eigenvalue weighted by Gasteiger charge is 2.14. The van der Waals surface area contributed by atoms with Gasteiger partial charge in [-0.1, -0.05) is 12.2 Å². The minimum absolute atomic E-state index is 0.454. The Morgan fingerprint density at radius 3 is 2.92 bits per heavy atom. The highest BCUT2D eigenvalue weighted by molar-refractivity contribution is 5.29. The van der Waals surface area contributed by atoms with E-state index in [1.54, 1.807) is 0 Å². The van der Waals surface area contributed by atoms with E-state index in [2.05, 4.69) is 43.0 Å². The summed E-state index contributed by atoms with van der Waals surface area (Å²) >= 11 is 0. The number of aryl methyl sites for hydroxylation is 1. The van der Waals surface area contributed by atoms with Crippen LogP contribution in [0, 0.1) is 6.92 Å². The smallest absolute Gasteiger partial charge is 0.0648 e. The van der Waals surface area contributed by atoms with Crippen molar-refractivity contribution in [2.75, 3.05) is 13.2 Å². The van der Waals surface area contributed by atoms with Crippen molar-refractivity contribution in [3.8, 4) is 0 Å². The lowest BCUT2D eigenvalue weighted by molar-refractivity contribution is 0.145. The Kier molecular flexibility index (Phi) is 2.23. The predicted molar refractivity (Wildman–Crippen MR) is 52.9 cm³/mol. The van der Waals surface area contributed by atoms with Gasteiger partial charge in [-0.25, -0.2) is 0 Å². The van der Waals surface area contributed by atoms with E-state index in [1.165, 1.54) is 11.3 Å². The van der Waals surface area contributed by atoms with Crippen LogP contribution in [0.15, 0.2) is 24.4 Å². The Hall–Kier alpha value is -1.02. The normalized spacial score (nSPS) is 22.2. The van der Waals surface area contributed by atoms with Crippen LogP contribution in [0.4, 0.5) is 0 Å². The molecular formula is C11H15NO. The van der Waals surface area contributed by atoms with Gasteiger partial charge in [0.2, 0.25) is 0 Å². The van der Waals surface area contributed by atoms with Crippen molar-refractivity contribution in [2.45, 2.75) is 12.8 Å². The van der Waals surface area contributed by atoms with Gasteiger partial charge < -0.3 is 9.30 Å². The molecule has 0 amide bonds. The molecule has 1 aromatic heterocycles. The predicted octanol–water partition coefficient (Wildman–Crippen LogP) is 2.00. The molecule has 0 spiro atoms. The van der Waals surface area contributed by atoms with Crippen molar-refractivity contribution in [3.63, 3.8) is 0 Å². The summed E-state index contributed by atoms with van der Waals surface area (Å²) in [5.41, 5.74) is 2.72. The number of nitrogens with zero attached hydrogens (tertiary/aromatic N) is 1. The molecule has 2 heteroatoms. The Balaban J connectivity index is 2.29. The van der Waals surface area contributed by atoms with E-state index >= 15 is 0 Å². The Morgan fingerprint density at radius 1 is 1.54 bits per heavy atom. The van der Waals surface area contributed by atoms with Gasteiger partial charge in [0.1, 0.15) is 0 Å². The number of aromatic nitrogens is 1. The largest absolute Gasteiger partial charge is 0.376 e. The molecule has 0 saturated heterocycles. The van der Waals surface area contributed by atoms with Crippen molar-refractivity contribution in [2.24, 2.45) is 7.05 Å². The number of ether oxygens (including phenoxy) is 1. The zero-order valence-electron chi connectivity index (χ0n) is 8.16. The SMILES string of the molecule is Cc1c(C2C=CCOC2)ccn1C. The molecule has 1 atom stereocenters. The first-order valence-electron chi connectivity index (χ1n) is 4.65. The molecule has 0 fully saturated rings. The third-order valence-electron chi connectivity index (χ3n) is 2.70. The summed E-state index contributed by atoms with van der Waals surface area (Å²) in [6.07, 6.45) is 6.44. The van der Waals surface area contributed by atoms with E-state index in [0.717, 1.165) is 13.2 Å². The van der Waals surface area contributed by atoms with Gasteiger partial charge in [0, 0.05) is 24.9 Å². The second-order valence-electron chi connectivity index (χ2n) is 3.54. The van der Waals surface area contributed by atoms with Gasteiger partial charge in [0.25, 0.3) is 0 Å². The highest BCUT2D eigenvalue weighted by atomic mass is 16.5. The van der Waals surface area contributed by atoms with Gasteiger partial charge in [0.15, 0.2) is 0 Å². The summed E-state index contributed by atoms with van der Waals surface area (Å²) in [4.78, 5) is 0. The second-order valence-corrected chi connectivity index (χ2v) is 3.54. The van der Waals surface area contributed by atoms with Gasteiger partial charge in [-0.05, 0) is 18.6 Å². The molecule has 2 heterocycles. The third-order valence-corrected chi connectivity index (χ3v) is 2.70. The van der Waals surface area contributed by atoms with E-state index in [1.807, 2.05) is 0 Å². The summed E-state index contributed by atoms with van der Waals surface area (Å²) in [5, 5.41) is 0. The first-order chi connectivity index (χ1) is 6.29. The van der Waals surface area contributed by atoms with Gasteiger partial charge in [-0.3, -0.25) is 0 Å². The average molecular weight is 177 g/mol. The van der Waals surface area contributed by atoms with Crippen LogP contribution in [0.1, 0.15) is 17.2 Å². The van der Waals surface area contributed by atoms with Crippen LogP contribution >= 0.6 is 0 Å². The molecule has 2 nitrogen and oxygen atoms in total. The standard InChI is InChI=1S/C11H15NO/c1-9-11(5-6-12(9)2)10-4-3-7-13-8-10/h3-6,10H,7-8H2,1-2H3. The van der Waals surface area contributed by atoms with Gasteiger partial charge in [-0.15, -0.1) is 0 Å². The fraction of sp³-hybridized carbons (Fsp3) is 0.455. The molecule has 0 radical (unpaired) electrons. The summed E-state index contributed by atoms with van der Waals surface area (Å²) < 4.78 is 7.56. The molecule has 0 bridgehead atoms. The van der Waals surface area contributed by atoms with Crippen molar-refractivity contribution < 1.29 is 4.74 Å². The van der Waals surface area contributed by atoms with Crippen molar-refractivity contribution in [1.29, 1.82) is 0 Å². The minimum Gasteiger partial charge on any atom is -0.376 e. The van der Waals surface area contributed by atoms with E-state index in [-0.39, 0.29) is 0 Å². The Bertz CT molecular complexity index is 325. The molecule has 13 heavy (non-hydrogen) atoms. The third kappa shape index (κ3) is 1.54. The van der Waals surface area contributed by atoms with Crippen LogP contribution in [0.25, 0.3) is 0 Å². The maximum atomic E-state index is 5.40. The van der Waals surface area contributed by atoms with Crippen molar-refractivity contribution >= 4 is 0 Å². The Labute approximate surface area is 78.8 Å². The zero-order chi connectivity index (χ0) is 9.26. The fourth-order valence-corrected chi connectivity index (χ4v) is 1.75. The van der Waals surface area contributed by atoms with Crippen LogP contribution in [-0.2, 0) is 11.8 Å². The summed E-state index contributed by atoms with van der Waals surface area (Å²) in [6.45, 7) is 3.74. The topological polar surface area (TPSA) is 14.2 Å². The molecular weight excluding hydrogens is 162 g/mol. The molecule has 1 unspecified atom stereocenters. The summed E-state index contributed by atoms with van der Waals surface area (Å²) in [7, 11) is 2.08. The van der Waals surface area contributed by atoms with Gasteiger partial charge in [0.05, 0.1) is 13.2 Å². The average Bonchev–Trinajstić information content (AvgIpc) is 2.49. The van der Waals surface area contributed by atoms with E-state index in [4.69, 9.17) is 4.74 Å². The highest BCUT2D eigenvalue weighted by Crippen LogP contribution is 2.23. The van der Waals surface area contributed by atoms with Crippen LogP contribution in [-0.4, -0.2) is 17.8 Å². The van der Waals surface area contributed by atoms with Crippen LogP contribution in [0.3, 0.4) is 0 Å². The molecule has 70 valence electrons.